The Bertz CT molecular complexity index is 1560. The predicted molar refractivity (Wildman–Crippen MR) is 127 cm³/mol. The highest BCUT2D eigenvalue weighted by molar-refractivity contribution is 5.73. The SMILES string of the molecule is Fc1cc(Nc2nccn3c(C4CCN(c5ncc(C(F)(F)F)cn5)CC4)ncc23)ccc1-n1cnnn1. The third-order valence-corrected chi connectivity index (χ3v) is 6.40. The van der Waals surface area contributed by atoms with Crippen molar-refractivity contribution in [2.24, 2.45) is 0 Å². The number of fused-ring (bicyclic) bond motifs is 1. The van der Waals surface area contributed by atoms with Gasteiger partial charge in [0.15, 0.2) is 11.6 Å². The molecule has 0 unspecified atom stereocenters. The number of nitrogens with zero attached hydrogens (tertiary/aromatic N) is 10. The van der Waals surface area contributed by atoms with Gasteiger partial charge in [-0.3, -0.25) is 4.40 Å². The van der Waals surface area contributed by atoms with Crippen molar-refractivity contribution >= 4 is 23.0 Å². The van der Waals surface area contributed by atoms with Gasteiger partial charge in [-0.2, -0.15) is 17.9 Å². The highest BCUT2D eigenvalue weighted by atomic mass is 19.4. The zero-order chi connectivity index (χ0) is 26.3. The maximum atomic E-state index is 14.6. The molecule has 5 heterocycles. The number of halogens is 4. The Morgan fingerprint density at radius 3 is 2.45 bits per heavy atom. The predicted octanol–water partition coefficient (Wildman–Crippen LogP) is 3.78. The van der Waals surface area contributed by atoms with Crippen LogP contribution in [0.4, 0.5) is 35.0 Å². The molecule has 38 heavy (non-hydrogen) atoms. The van der Waals surface area contributed by atoms with Gasteiger partial charge in [-0.15, -0.1) is 5.10 Å². The number of aromatic nitrogens is 9. The summed E-state index contributed by atoms with van der Waals surface area (Å²) in [7, 11) is 0. The van der Waals surface area contributed by atoms with Crippen molar-refractivity contribution in [2.75, 3.05) is 23.3 Å². The van der Waals surface area contributed by atoms with Crippen LogP contribution in [-0.2, 0) is 6.18 Å². The van der Waals surface area contributed by atoms with E-state index in [1.807, 2.05) is 15.5 Å². The Hall–Kier alpha value is -4.69. The number of piperidine rings is 1. The molecule has 11 nitrogen and oxygen atoms in total. The summed E-state index contributed by atoms with van der Waals surface area (Å²) in [6, 6.07) is 4.59. The molecule has 0 aliphatic carbocycles. The van der Waals surface area contributed by atoms with E-state index in [1.165, 1.54) is 17.1 Å². The number of rotatable bonds is 5. The van der Waals surface area contributed by atoms with Gasteiger partial charge in [0.2, 0.25) is 5.95 Å². The van der Waals surface area contributed by atoms with Gasteiger partial charge in [-0.1, -0.05) is 0 Å². The maximum absolute atomic E-state index is 14.6. The van der Waals surface area contributed by atoms with E-state index in [-0.39, 0.29) is 17.6 Å². The molecule has 1 aliphatic heterocycles. The number of hydrogen-bond donors (Lipinski definition) is 1. The summed E-state index contributed by atoms with van der Waals surface area (Å²) < 4.78 is 56.2. The molecule has 0 amide bonds. The van der Waals surface area contributed by atoms with Crippen molar-refractivity contribution in [2.45, 2.75) is 24.9 Å². The number of tetrazole rings is 1. The van der Waals surface area contributed by atoms with E-state index >= 15 is 0 Å². The standard InChI is InChI=1S/C23H19F4N11/c24-17-9-16(1-2-18(17)38-13-32-34-35-38)33-20-19-12-29-21(37(19)8-5-28-20)14-3-6-36(7-4-14)22-30-10-15(11-31-22)23(25,26)27/h1-2,5,8-14H,3-4,6-7H2,(H,28,33). The van der Waals surface area contributed by atoms with Gasteiger partial charge >= 0.3 is 6.18 Å². The van der Waals surface area contributed by atoms with Crippen molar-refractivity contribution < 1.29 is 17.6 Å². The van der Waals surface area contributed by atoms with Gasteiger partial charge < -0.3 is 10.2 Å². The zero-order valence-electron chi connectivity index (χ0n) is 19.6. The van der Waals surface area contributed by atoms with Gasteiger partial charge in [0.05, 0.1) is 11.8 Å². The molecule has 1 fully saturated rings. The molecule has 194 valence electrons. The molecule has 1 aliphatic rings. The molecule has 1 N–H and O–H groups in total. The van der Waals surface area contributed by atoms with E-state index < -0.39 is 17.6 Å². The average Bonchev–Trinajstić information content (AvgIpc) is 3.60. The van der Waals surface area contributed by atoms with Crippen molar-refractivity contribution in [3.63, 3.8) is 0 Å². The summed E-state index contributed by atoms with van der Waals surface area (Å²) in [4.78, 5) is 18.7. The smallest absolute Gasteiger partial charge is 0.341 e. The molecule has 1 aromatic carbocycles. The fourth-order valence-corrected chi connectivity index (χ4v) is 4.49. The van der Waals surface area contributed by atoms with Crippen LogP contribution >= 0.6 is 0 Å². The number of anilines is 3. The lowest BCUT2D eigenvalue weighted by Crippen LogP contribution is -2.34. The van der Waals surface area contributed by atoms with Gasteiger partial charge in [0.25, 0.3) is 0 Å². The van der Waals surface area contributed by atoms with E-state index in [0.717, 1.165) is 36.6 Å². The largest absolute Gasteiger partial charge is 0.419 e. The van der Waals surface area contributed by atoms with Gasteiger partial charge in [0.1, 0.15) is 23.4 Å². The highest BCUT2D eigenvalue weighted by Gasteiger charge is 2.32. The third-order valence-electron chi connectivity index (χ3n) is 6.40. The second-order valence-electron chi connectivity index (χ2n) is 8.72. The summed E-state index contributed by atoms with van der Waals surface area (Å²) in [5.74, 6) is 1.24. The molecule has 0 atom stereocenters. The number of hydrogen-bond acceptors (Lipinski definition) is 9. The van der Waals surface area contributed by atoms with Crippen LogP contribution in [-0.4, -0.2) is 57.6 Å². The molecular formula is C23H19F4N11. The second-order valence-corrected chi connectivity index (χ2v) is 8.72. The Morgan fingerprint density at radius 2 is 1.76 bits per heavy atom. The normalized spacial score (nSPS) is 14.8. The minimum absolute atomic E-state index is 0.117. The van der Waals surface area contributed by atoms with E-state index in [9.17, 15) is 17.6 Å². The molecule has 0 saturated carbocycles. The first-order valence-electron chi connectivity index (χ1n) is 11.6. The van der Waals surface area contributed by atoms with Crippen LogP contribution in [0.25, 0.3) is 11.2 Å². The fourth-order valence-electron chi connectivity index (χ4n) is 4.49. The van der Waals surface area contributed by atoms with Crippen LogP contribution in [0.15, 0.2) is 55.5 Å². The first-order chi connectivity index (χ1) is 18.4. The third kappa shape index (κ3) is 4.46. The minimum Gasteiger partial charge on any atom is -0.341 e. The molecule has 0 radical (unpaired) electrons. The summed E-state index contributed by atoms with van der Waals surface area (Å²) >= 11 is 0. The first-order valence-corrected chi connectivity index (χ1v) is 11.6. The lowest BCUT2D eigenvalue weighted by molar-refractivity contribution is -0.138. The molecule has 0 bridgehead atoms. The highest BCUT2D eigenvalue weighted by Crippen LogP contribution is 2.32. The van der Waals surface area contributed by atoms with Crippen LogP contribution in [0, 0.1) is 5.82 Å². The molecule has 5 aromatic rings. The van der Waals surface area contributed by atoms with Gasteiger partial charge in [-0.25, -0.2) is 24.3 Å². The quantitative estimate of drug-likeness (QED) is 0.342. The molecule has 4 aromatic heterocycles. The van der Waals surface area contributed by atoms with Gasteiger partial charge in [0, 0.05) is 49.5 Å². The van der Waals surface area contributed by atoms with Crippen LogP contribution in [0.1, 0.15) is 30.1 Å². The molecule has 15 heteroatoms. The molecule has 0 spiro atoms. The lowest BCUT2D eigenvalue weighted by atomic mass is 9.96. The van der Waals surface area contributed by atoms with E-state index in [2.05, 4.69) is 40.8 Å². The molecule has 6 rings (SSSR count). The Balaban J connectivity index is 1.17. The van der Waals surface area contributed by atoms with Crippen molar-refractivity contribution in [1.82, 2.24) is 44.5 Å². The molecule has 1 saturated heterocycles. The zero-order valence-corrected chi connectivity index (χ0v) is 19.6. The lowest BCUT2D eigenvalue weighted by Gasteiger charge is -2.31. The summed E-state index contributed by atoms with van der Waals surface area (Å²) in [5.41, 5.74) is 0.559. The van der Waals surface area contributed by atoms with E-state index in [4.69, 9.17) is 0 Å². The summed E-state index contributed by atoms with van der Waals surface area (Å²) in [6.07, 6.45) is 5.06. The van der Waals surface area contributed by atoms with Crippen molar-refractivity contribution in [3.05, 3.63) is 72.7 Å². The minimum atomic E-state index is -4.47. The van der Waals surface area contributed by atoms with Crippen LogP contribution < -0.4 is 10.2 Å². The summed E-state index contributed by atoms with van der Waals surface area (Å²) in [6.45, 7) is 1.15. The topological polar surface area (TPSA) is 115 Å². The average molecular weight is 525 g/mol. The Labute approximate surface area is 212 Å². The van der Waals surface area contributed by atoms with Crippen LogP contribution in [0.2, 0.25) is 0 Å². The number of benzene rings is 1. The number of imidazole rings is 1. The van der Waals surface area contributed by atoms with Crippen LogP contribution in [0.5, 0.6) is 0 Å². The Kier molecular flexibility index (Phi) is 5.81. The second kappa shape index (κ2) is 9.32. The van der Waals surface area contributed by atoms with E-state index in [0.29, 0.717) is 24.6 Å². The number of alkyl halides is 3. The van der Waals surface area contributed by atoms with Crippen molar-refractivity contribution in [3.8, 4) is 5.69 Å². The number of nitrogens with one attached hydrogen (secondary N) is 1. The van der Waals surface area contributed by atoms with E-state index in [1.54, 1.807) is 24.5 Å². The monoisotopic (exact) mass is 525 g/mol. The Morgan fingerprint density at radius 1 is 0.974 bits per heavy atom. The van der Waals surface area contributed by atoms with Crippen LogP contribution in [0.3, 0.4) is 0 Å². The fraction of sp³-hybridized carbons (Fsp3) is 0.261. The summed E-state index contributed by atoms with van der Waals surface area (Å²) in [5, 5.41) is 13.9. The first kappa shape index (κ1) is 23.7. The van der Waals surface area contributed by atoms with Crippen molar-refractivity contribution in [1.29, 1.82) is 0 Å². The maximum Gasteiger partial charge on any atom is 0.419 e. The molecular weight excluding hydrogens is 506 g/mol. The van der Waals surface area contributed by atoms with Gasteiger partial charge in [-0.05, 0) is 41.5 Å².